The standard InChI is InChI=1S/C11H22O4/c1-4-7-10(14)15-11(5-2,6-3)9(13)8-12/h9,12-13H,4-8H2,1-3H3. The topological polar surface area (TPSA) is 66.8 Å². The van der Waals surface area contributed by atoms with Crippen LogP contribution >= 0.6 is 0 Å². The van der Waals surface area contributed by atoms with E-state index in [-0.39, 0.29) is 12.6 Å². The smallest absolute Gasteiger partial charge is 0.306 e. The second-order valence-corrected chi connectivity index (χ2v) is 3.69. The van der Waals surface area contributed by atoms with Crippen molar-refractivity contribution in [3.8, 4) is 0 Å². The molecule has 0 aliphatic carbocycles. The fraction of sp³-hybridized carbons (Fsp3) is 0.909. The number of hydrogen-bond acceptors (Lipinski definition) is 4. The minimum absolute atomic E-state index is 0.311. The summed E-state index contributed by atoms with van der Waals surface area (Å²) in [7, 11) is 0. The number of carbonyl (C=O) groups is 1. The first-order valence-corrected chi connectivity index (χ1v) is 5.57. The molecule has 0 radical (unpaired) electrons. The van der Waals surface area contributed by atoms with Gasteiger partial charge in [0.05, 0.1) is 6.61 Å². The number of aliphatic hydroxyl groups is 2. The molecule has 0 amide bonds. The van der Waals surface area contributed by atoms with Gasteiger partial charge in [0.25, 0.3) is 0 Å². The zero-order valence-electron chi connectivity index (χ0n) is 9.82. The molecular formula is C11H22O4. The quantitative estimate of drug-likeness (QED) is 0.631. The summed E-state index contributed by atoms with van der Waals surface area (Å²) in [6, 6.07) is 0. The second-order valence-electron chi connectivity index (χ2n) is 3.69. The van der Waals surface area contributed by atoms with Crippen LogP contribution in [-0.2, 0) is 9.53 Å². The van der Waals surface area contributed by atoms with E-state index in [4.69, 9.17) is 9.84 Å². The van der Waals surface area contributed by atoms with E-state index in [0.29, 0.717) is 19.3 Å². The monoisotopic (exact) mass is 218 g/mol. The van der Waals surface area contributed by atoms with E-state index in [9.17, 15) is 9.90 Å². The summed E-state index contributed by atoms with van der Waals surface area (Å²) in [5, 5.41) is 18.6. The number of carbonyl (C=O) groups excluding carboxylic acids is 1. The summed E-state index contributed by atoms with van der Waals surface area (Å²) in [6.45, 7) is 5.17. The summed E-state index contributed by atoms with van der Waals surface area (Å²) in [4.78, 5) is 11.4. The van der Waals surface area contributed by atoms with Gasteiger partial charge in [0.15, 0.2) is 0 Å². The van der Waals surface area contributed by atoms with Gasteiger partial charge < -0.3 is 14.9 Å². The summed E-state index contributed by atoms with van der Waals surface area (Å²) in [5.74, 6) is -0.311. The lowest BCUT2D eigenvalue weighted by Crippen LogP contribution is -2.47. The largest absolute Gasteiger partial charge is 0.456 e. The Labute approximate surface area is 91.3 Å². The number of hydrogen-bond donors (Lipinski definition) is 2. The normalized spacial score (nSPS) is 13.7. The molecule has 0 aliphatic heterocycles. The van der Waals surface area contributed by atoms with Gasteiger partial charge in [0.1, 0.15) is 11.7 Å². The molecule has 0 saturated carbocycles. The maximum absolute atomic E-state index is 11.4. The maximum atomic E-state index is 11.4. The zero-order valence-corrected chi connectivity index (χ0v) is 9.82. The molecule has 0 aliphatic rings. The summed E-state index contributed by atoms with van der Waals surface area (Å²) < 4.78 is 5.28. The highest BCUT2D eigenvalue weighted by Crippen LogP contribution is 2.25. The fourth-order valence-electron chi connectivity index (χ4n) is 1.58. The molecule has 1 atom stereocenters. The summed E-state index contributed by atoms with van der Waals surface area (Å²) in [6.07, 6.45) is 1.06. The lowest BCUT2D eigenvalue weighted by Gasteiger charge is -2.35. The highest BCUT2D eigenvalue weighted by Gasteiger charge is 2.37. The van der Waals surface area contributed by atoms with Crippen molar-refractivity contribution in [2.75, 3.05) is 6.61 Å². The molecule has 15 heavy (non-hydrogen) atoms. The van der Waals surface area contributed by atoms with E-state index in [1.54, 1.807) is 0 Å². The average Bonchev–Trinajstić information content (AvgIpc) is 2.25. The highest BCUT2D eigenvalue weighted by molar-refractivity contribution is 5.69. The van der Waals surface area contributed by atoms with Crippen LogP contribution in [0.4, 0.5) is 0 Å². The first-order valence-electron chi connectivity index (χ1n) is 5.57. The number of rotatable bonds is 7. The maximum Gasteiger partial charge on any atom is 0.306 e. The minimum atomic E-state index is -1.01. The number of esters is 1. The van der Waals surface area contributed by atoms with E-state index >= 15 is 0 Å². The van der Waals surface area contributed by atoms with Crippen molar-refractivity contribution in [3.63, 3.8) is 0 Å². The Morgan fingerprint density at radius 1 is 1.33 bits per heavy atom. The molecule has 0 aromatic heterocycles. The molecule has 0 heterocycles. The van der Waals surface area contributed by atoms with Crippen LogP contribution in [0.25, 0.3) is 0 Å². The third kappa shape index (κ3) is 3.80. The molecule has 0 saturated heterocycles. The van der Waals surface area contributed by atoms with Gasteiger partial charge in [-0.25, -0.2) is 0 Å². The molecule has 0 aromatic rings. The Balaban J connectivity index is 4.56. The summed E-state index contributed by atoms with van der Waals surface area (Å²) >= 11 is 0. The summed E-state index contributed by atoms with van der Waals surface area (Å²) in [5.41, 5.74) is -0.930. The van der Waals surface area contributed by atoms with E-state index in [1.807, 2.05) is 20.8 Å². The van der Waals surface area contributed by atoms with Crippen LogP contribution in [0.15, 0.2) is 0 Å². The molecule has 90 valence electrons. The zero-order chi connectivity index (χ0) is 11.9. The lowest BCUT2D eigenvalue weighted by molar-refractivity contribution is -0.178. The highest BCUT2D eigenvalue weighted by atomic mass is 16.6. The Bertz CT molecular complexity index is 187. The van der Waals surface area contributed by atoms with Gasteiger partial charge in [-0.3, -0.25) is 4.79 Å². The first-order chi connectivity index (χ1) is 7.06. The van der Waals surface area contributed by atoms with Gasteiger partial charge in [-0.2, -0.15) is 0 Å². The third-order valence-corrected chi connectivity index (χ3v) is 2.75. The van der Waals surface area contributed by atoms with Gasteiger partial charge >= 0.3 is 5.97 Å². The minimum Gasteiger partial charge on any atom is -0.456 e. The van der Waals surface area contributed by atoms with E-state index in [1.165, 1.54) is 0 Å². The molecule has 2 N–H and O–H groups in total. The molecule has 0 spiro atoms. The Morgan fingerprint density at radius 2 is 1.87 bits per heavy atom. The van der Waals surface area contributed by atoms with E-state index < -0.39 is 11.7 Å². The van der Waals surface area contributed by atoms with Gasteiger partial charge in [-0.05, 0) is 19.3 Å². The Morgan fingerprint density at radius 3 is 2.20 bits per heavy atom. The van der Waals surface area contributed by atoms with Crippen molar-refractivity contribution >= 4 is 5.97 Å². The molecule has 0 rings (SSSR count). The van der Waals surface area contributed by atoms with Gasteiger partial charge in [-0.15, -0.1) is 0 Å². The van der Waals surface area contributed by atoms with Crippen LogP contribution in [0, 0.1) is 0 Å². The van der Waals surface area contributed by atoms with Gasteiger partial charge in [0, 0.05) is 6.42 Å². The lowest BCUT2D eigenvalue weighted by atomic mass is 9.90. The van der Waals surface area contributed by atoms with Crippen LogP contribution in [0.3, 0.4) is 0 Å². The molecule has 1 unspecified atom stereocenters. The van der Waals surface area contributed by atoms with Crippen LogP contribution in [0.1, 0.15) is 46.5 Å². The number of aliphatic hydroxyl groups excluding tert-OH is 2. The van der Waals surface area contributed by atoms with Crippen molar-refractivity contribution in [1.82, 2.24) is 0 Å². The molecule has 4 nitrogen and oxygen atoms in total. The average molecular weight is 218 g/mol. The molecular weight excluding hydrogens is 196 g/mol. The van der Waals surface area contributed by atoms with Gasteiger partial charge in [0.2, 0.25) is 0 Å². The first kappa shape index (κ1) is 14.4. The van der Waals surface area contributed by atoms with Crippen molar-refractivity contribution in [2.45, 2.75) is 58.2 Å². The van der Waals surface area contributed by atoms with Gasteiger partial charge in [-0.1, -0.05) is 20.8 Å². The molecule has 0 bridgehead atoms. The predicted octanol–water partition coefficient (Wildman–Crippen LogP) is 1.24. The molecule has 4 heteroatoms. The predicted molar refractivity (Wildman–Crippen MR) is 57.4 cm³/mol. The van der Waals surface area contributed by atoms with Crippen molar-refractivity contribution < 1.29 is 19.7 Å². The van der Waals surface area contributed by atoms with Crippen molar-refractivity contribution in [1.29, 1.82) is 0 Å². The van der Waals surface area contributed by atoms with Crippen LogP contribution in [-0.4, -0.2) is 34.5 Å². The van der Waals surface area contributed by atoms with E-state index in [0.717, 1.165) is 6.42 Å². The molecule has 0 fully saturated rings. The Kier molecular flexibility index (Phi) is 6.52. The van der Waals surface area contributed by atoms with E-state index in [2.05, 4.69) is 0 Å². The Hall–Kier alpha value is -0.610. The van der Waals surface area contributed by atoms with Crippen LogP contribution in [0.2, 0.25) is 0 Å². The van der Waals surface area contributed by atoms with Crippen molar-refractivity contribution in [3.05, 3.63) is 0 Å². The fourth-order valence-corrected chi connectivity index (χ4v) is 1.58. The van der Waals surface area contributed by atoms with Crippen LogP contribution in [0.5, 0.6) is 0 Å². The SMILES string of the molecule is CCCC(=O)OC(CC)(CC)C(O)CO. The number of ether oxygens (including phenoxy) is 1. The molecule has 0 aromatic carbocycles. The second kappa shape index (κ2) is 6.80. The van der Waals surface area contributed by atoms with Crippen molar-refractivity contribution in [2.24, 2.45) is 0 Å². The van der Waals surface area contributed by atoms with Crippen LogP contribution < -0.4 is 0 Å². The third-order valence-electron chi connectivity index (χ3n) is 2.75.